The van der Waals surface area contributed by atoms with Gasteiger partial charge in [0.1, 0.15) is 0 Å². The molecule has 1 fully saturated rings. The van der Waals surface area contributed by atoms with Crippen molar-refractivity contribution in [3.05, 3.63) is 35.4 Å². The van der Waals surface area contributed by atoms with Crippen LogP contribution in [-0.4, -0.2) is 47.8 Å². The second kappa shape index (κ2) is 8.70. The number of unbranched alkanes of at least 4 members (excludes halogenated alkanes) is 1. The van der Waals surface area contributed by atoms with E-state index >= 15 is 0 Å². The van der Waals surface area contributed by atoms with Crippen LogP contribution in [0.25, 0.3) is 0 Å². The second-order valence-electron chi connectivity index (χ2n) is 6.32. The summed E-state index contributed by atoms with van der Waals surface area (Å²) >= 11 is 0. The minimum Gasteiger partial charge on any atom is -0.341 e. The van der Waals surface area contributed by atoms with Gasteiger partial charge in [0.2, 0.25) is 11.8 Å². The molecule has 0 N–H and O–H groups in total. The van der Waals surface area contributed by atoms with Crippen molar-refractivity contribution >= 4 is 11.8 Å². The molecule has 0 aromatic heterocycles. The SMILES string of the molecule is CCCCC(=O)N1CCCN(C(=O)Cc2ccccc2C)CC1. The summed E-state index contributed by atoms with van der Waals surface area (Å²) in [7, 11) is 0. The lowest BCUT2D eigenvalue weighted by Crippen LogP contribution is -2.38. The van der Waals surface area contributed by atoms with E-state index in [4.69, 9.17) is 0 Å². The molecule has 2 amide bonds. The molecule has 1 aromatic carbocycles. The average molecular weight is 316 g/mol. The molecule has 0 aliphatic carbocycles. The highest BCUT2D eigenvalue weighted by Gasteiger charge is 2.21. The predicted molar refractivity (Wildman–Crippen MR) is 92.2 cm³/mol. The Bertz CT molecular complexity index is 542. The van der Waals surface area contributed by atoms with Gasteiger partial charge in [0.15, 0.2) is 0 Å². The van der Waals surface area contributed by atoms with Gasteiger partial charge in [0, 0.05) is 32.6 Å². The van der Waals surface area contributed by atoms with E-state index in [0.29, 0.717) is 25.9 Å². The van der Waals surface area contributed by atoms with Crippen LogP contribution in [0, 0.1) is 6.92 Å². The molecule has 1 aliphatic rings. The van der Waals surface area contributed by atoms with Crippen LogP contribution in [0.1, 0.15) is 43.7 Å². The largest absolute Gasteiger partial charge is 0.341 e. The Morgan fingerprint density at radius 2 is 1.65 bits per heavy atom. The molecular weight excluding hydrogens is 288 g/mol. The molecular formula is C19H28N2O2. The van der Waals surface area contributed by atoms with Crippen LogP contribution in [-0.2, 0) is 16.0 Å². The van der Waals surface area contributed by atoms with Crippen molar-refractivity contribution in [1.29, 1.82) is 0 Å². The molecule has 0 unspecified atom stereocenters. The van der Waals surface area contributed by atoms with Gasteiger partial charge in [0.25, 0.3) is 0 Å². The van der Waals surface area contributed by atoms with Gasteiger partial charge in [-0.1, -0.05) is 37.6 Å². The summed E-state index contributed by atoms with van der Waals surface area (Å²) in [6.07, 6.45) is 3.95. The van der Waals surface area contributed by atoms with Gasteiger partial charge in [-0.15, -0.1) is 0 Å². The van der Waals surface area contributed by atoms with Crippen molar-refractivity contribution in [2.75, 3.05) is 26.2 Å². The van der Waals surface area contributed by atoms with Crippen LogP contribution < -0.4 is 0 Å². The highest BCUT2D eigenvalue weighted by molar-refractivity contribution is 5.79. The molecule has 0 saturated carbocycles. The van der Waals surface area contributed by atoms with Crippen LogP contribution in [0.3, 0.4) is 0 Å². The summed E-state index contributed by atoms with van der Waals surface area (Å²) in [5.74, 6) is 0.405. The third kappa shape index (κ3) is 5.08. The van der Waals surface area contributed by atoms with E-state index in [1.165, 1.54) is 0 Å². The maximum atomic E-state index is 12.5. The maximum Gasteiger partial charge on any atom is 0.227 e. The third-order valence-corrected chi connectivity index (χ3v) is 4.55. The first-order chi connectivity index (χ1) is 11.1. The fourth-order valence-corrected chi connectivity index (χ4v) is 2.99. The van der Waals surface area contributed by atoms with Crippen LogP contribution >= 0.6 is 0 Å². The molecule has 1 heterocycles. The standard InChI is InChI=1S/C19H28N2O2/c1-3-4-10-18(22)20-11-7-12-21(14-13-20)19(23)15-17-9-6-5-8-16(17)2/h5-6,8-9H,3-4,7,10-15H2,1-2H3. The first-order valence-corrected chi connectivity index (χ1v) is 8.72. The summed E-state index contributed by atoms with van der Waals surface area (Å²) in [6, 6.07) is 8.03. The fourth-order valence-electron chi connectivity index (χ4n) is 2.99. The van der Waals surface area contributed by atoms with Crippen LogP contribution in [0.4, 0.5) is 0 Å². The fraction of sp³-hybridized carbons (Fsp3) is 0.579. The lowest BCUT2D eigenvalue weighted by Gasteiger charge is -2.22. The number of hydrogen-bond acceptors (Lipinski definition) is 2. The molecule has 1 saturated heterocycles. The first kappa shape index (κ1) is 17.5. The molecule has 0 spiro atoms. The number of nitrogens with zero attached hydrogens (tertiary/aromatic N) is 2. The molecule has 1 aliphatic heterocycles. The Morgan fingerprint density at radius 1 is 1.00 bits per heavy atom. The topological polar surface area (TPSA) is 40.6 Å². The van der Waals surface area contributed by atoms with E-state index in [-0.39, 0.29) is 11.8 Å². The lowest BCUT2D eigenvalue weighted by molar-refractivity contribution is -0.133. The highest BCUT2D eigenvalue weighted by Crippen LogP contribution is 2.12. The zero-order valence-electron chi connectivity index (χ0n) is 14.4. The highest BCUT2D eigenvalue weighted by atomic mass is 16.2. The Labute approximate surface area is 139 Å². The van der Waals surface area contributed by atoms with Crippen LogP contribution in [0.2, 0.25) is 0 Å². The third-order valence-electron chi connectivity index (χ3n) is 4.55. The number of carbonyl (C=O) groups is 2. The van der Waals surface area contributed by atoms with Crippen molar-refractivity contribution in [1.82, 2.24) is 9.80 Å². The van der Waals surface area contributed by atoms with Gasteiger partial charge in [-0.2, -0.15) is 0 Å². The summed E-state index contributed by atoms with van der Waals surface area (Å²) in [5.41, 5.74) is 2.25. The molecule has 1 aromatic rings. The molecule has 23 heavy (non-hydrogen) atoms. The van der Waals surface area contributed by atoms with E-state index < -0.39 is 0 Å². The van der Waals surface area contributed by atoms with Crippen LogP contribution in [0.15, 0.2) is 24.3 Å². The Hall–Kier alpha value is -1.84. The molecule has 0 bridgehead atoms. The number of amides is 2. The maximum absolute atomic E-state index is 12.5. The summed E-state index contributed by atoms with van der Waals surface area (Å²) in [6.45, 7) is 6.99. The van der Waals surface area contributed by atoms with E-state index in [9.17, 15) is 9.59 Å². The van der Waals surface area contributed by atoms with Crippen LogP contribution in [0.5, 0.6) is 0 Å². The minimum atomic E-state index is 0.169. The van der Waals surface area contributed by atoms with Crippen molar-refractivity contribution < 1.29 is 9.59 Å². The van der Waals surface area contributed by atoms with Gasteiger partial charge in [-0.25, -0.2) is 0 Å². The average Bonchev–Trinajstić information content (AvgIpc) is 2.81. The summed E-state index contributed by atoms with van der Waals surface area (Å²) in [4.78, 5) is 28.5. The quantitative estimate of drug-likeness (QED) is 0.838. The second-order valence-corrected chi connectivity index (χ2v) is 6.32. The molecule has 2 rings (SSSR count). The number of aryl methyl sites for hydroxylation is 1. The Morgan fingerprint density at radius 3 is 2.30 bits per heavy atom. The van der Waals surface area contributed by atoms with Gasteiger partial charge >= 0.3 is 0 Å². The van der Waals surface area contributed by atoms with E-state index in [1.807, 2.05) is 41.0 Å². The van der Waals surface area contributed by atoms with E-state index in [2.05, 4.69) is 6.92 Å². The molecule has 4 heteroatoms. The Kier molecular flexibility index (Phi) is 6.63. The van der Waals surface area contributed by atoms with E-state index in [1.54, 1.807) is 0 Å². The van der Waals surface area contributed by atoms with Gasteiger partial charge in [0.05, 0.1) is 6.42 Å². The summed E-state index contributed by atoms with van der Waals surface area (Å²) in [5, 5.41) is 0. The monoisotopic (exact) mass is 316 g/mol. The van der Waals surface area contributed by atoms with Crippen molar-refractivity contribution in [3.8, 4) is 0 Å². The van der Waals surface area contributed by atoms with E-state index in [0.717, 1.165) is 43.5 Å². The predicted octanol–water partition coefficient (Wildman–Crippen LogP) is 2.79. The summed E-state index contributed by atoms with van der Waals surface area (Å²) < 4.78 is 0. The molecule has 0 radical (unpaired) electrons. The van der Waals surface area contributed by atoms with Crippen molar-refractivity contribution in [2.24, 2.45) is 0 Å². The van der Waals surface area contributed by atoms with Crippen molar-refractivity contribution in [2.45, 2.75) is 46.0 Å². The smallest absolute Gasteiger partial charge is 0.227 e. The zero-order chi connectivity index (χ0) is 16.7. The number of carbonyl (C=O) groups excluding carboxylic acids is 2. The molecule has 126 valence electrons. The van der Waals surface area contributed by atoms with Crippen molar-refractivity contribution in [3.63, 3.8) is 0 Å². The number of benzene rings is 1. The minimum absolute atomic E-state index is 0.169. The first-order valence-electron chi connectivity index (χ1n) is 8.72. The number of hydrogen-bond donors (Lipinski definition) is 0. The normalized spacial score (nSPS) is 15.4. The van der Waals surface area contributed by atoms with Gasteiger partial charge in [-0.05, 0) is 30.9 Å². The van der Waals surface area contributed by atoms with Gasteiger partial charge in [-0.3, -0.25) is 9.59 Å². The molecule has 0 atom stereocenters. The van der Waals surface area contributed by atoms with Gasteiger partial charge < -0.3 is 9.80 Å². The Balaban J connectivity index is 1.88. The number of rotatable bonds is 5. The molecule has 4 nitrogen and oxygen atoms in total. The zero-order valence-corrected chi connectivity index (χ0v) is 14.4. The lowest BCUT2D eigenvalue weighted by atomic mass is 10.1.